The first-order valence-electron chi connectivity index (χ1n) is 9.46. The lowest BCUT2D eigenvalue weighted by molar-refractivity contribution is 0.0963. The molecule has 1 aliphatic heterocycles. The van der Waals surface area contributed by atoms with Gasteiger partial charge in [-0.2, -0.15) is 0 Å². The van der Waals surface area contributed by atoms with Crippen LogP contribution in [0.3, 0.4) is 0 Å². The summed E-state index contributed by atoms with van der Waals surface area (Å²) >= 11 is 5.67. The average Bonchev–Trinajstić information content (AvgIpc) is 3.10. The van der Waals surface area contributed by atoms with Crippen LogP contribution in [0.2, 0.25) is 0 Å². The van der Waals surface area contributed by atoms with E-state index in [1.54, 1.807) is 20.7 Å². The molecule has 1 amide bonds. The van der Waals surface area contributed by atoms with E-state index in [9.17, 15) is 4.79 Å². The minimum Gasteiger partial charge on any atom is -0.297 e. The van der Waals surface area contributed by atoms with Crippen molar-refractivity contribution in [3.8, 4) is 11.1 Å². The van der Waals surface area contributed by atoms with Gasteiger partial charge in [0.15, 0.2) is 0 Å². The monoisotopic (exact) mass is 433 g/mol. The predicted molar refractivity (Wildman–Crippen MR) is 127 cm³/mol. The molecule has 0 bridgehead atoms. The standard InChI is InChI=1S/C24H19NOS3/c1-14-11-12-18-19(13-14)25(24(2,3)21-20(18)23(27)29-28-21)22(26)17-10-6-8-15-7-4-5-9-16(15)17/h4-13H,1-3H3. The first kappa shape index (κ1) is 18.7. The van der Waals surface area contributed by atoms with Crippen molar-refractivity contribution in [2.45, 2.75) is 26.3 Å². The molecule has 0 aliphatic carbocycles. The van der Waals surface area contributed by atoms with Crippen molar-refractivity contribution in [3.05, 3.63) is 80.5 Å². The number of hydrogen-bond donors (Lipinski definition) is 0. The smallest absolute Gasteiger partial charge is 0.259 e. The van der Waals surface area contributed by atoms with Gasteiger partial charge in [-0.05, 0) is 49.2 Å². The van der Waals surface area contributed by atoms with Gasteiger partial charge in [-0.3, -0.25) is 9.69 Å². The zero-order valence-electron chi connectivity index (χ0n) is 16.4. The van der Waals surface area contributed by atoms with Crippen LogP contribution in [0.5, 0.6) is 0 Å². The Bertz CT molecular complexity index is 1340. The summed E-state index contributed by atoms with van der Waals surface area (Å²) in [7, 11) is 3.31. The molecule has 29 heavy (non-hydrogen) atoms. The summed E-state index contributed by atoms with van der Waals surface area (Å²) in [5.41, 5.74) is 4.49. The van der Waals surface area contributed by atoms with Crippen LogP contribution in [0.15, 0.2) is 60.7 Å². The highest BCUT2D eigenvalue weighted by Crippen LogP contribution is 2.52. The summed E-state index contributed by atoms with van der Waals surface area (Å²) in [6.45, 7) is 6.31. The third-order valence-corrected chi connectivity index (χ3v) is 8.96. The van der Waals surface area contributed by atoms with E-state index in [-0.39, 0.29) is 5.91 Å². The summed E-state index contributed by atoms with van der Waals surface area (Å²) in [6, 6.07) is 20.3. The molecule has 2 heterocycles. The number of hydrogen-bond acceptors (Lipinski definition) is 4. The van der Waals surface area contributed by atoms with Gasteiger partial charge in [0.05, 0.1) is 16.1 Å². The number of amides is 1. The van der Waals surface area contributed by atoms with Crippen LogP contribution in [0.1, 0.15) is 34.6 Å². The number of benzene rings is 3. The van der Waals surface area contributed by atoms with Gasteiger partial charge in [0.25, 0.3) is 5.91 Å². The van der Waals surface area contributed by atoms with Crippen LogP contribution >= 0.6 is 32.9 Å². The normalized spacial score (nSPS) is 14.5. The largest absolute Gasteiger partial charge is 0.297 e. The molecule has 1 aromatic heterocycles. The number of aryl methyl sites for hydroxylation is 1. The van der Waals surface area contributed by atoms with Crippen LogP contribution in [0.25, 0.3) is 21.9 Å². The Labute approximate surface area is 182 Å². The van der Waals surface area contributed by atoms with Crippen molar-refractivity contribution in [3.63, 3.8) is 0 Å². The number of rotatable bonds is 1. The number of fused-ring (bicyclic) bond motifs is 4. The summed E-state index contributed by atoms with van der Waals surface area (Å²) < 4.78 is 0.903. The molecule has 0 saturated carbocycles. The fraction of sp³-hybridized carbons (Fsp3) is 0.167. The molecule has 3 aromatic carbocycles. The maximum Gasteiger partial charge on any atom is 0.259 e. The van der Waals surface area contributed by atoms with Gasteiger partial charge < -0.3 is 0 Å². The topological polar surface area (TPSA) is 20.3 Å². The predicted octanol–water partition coefficient (Wildman–Crippen LogP) is 7.56. The third-order valence-electron chi connectivity index (χ3n) is 5.63. The molecular weight excluding hydrogens is 414 g/mol. The first-order chi connectivity index (χ1) is 13.9. The molecule has 0 atom stereocenters. The Morgan fingerprint density at radius 1 is 1.00 bits per heavy atom. The van der Waals surface area contributed by atoms with E-state index in [2.05, 4.69) is 39.0 Å². The van der Waals surface area contributed by atoms with Crippen LogP contribution < -0.4 is 4.90 Å². The van der Waals surface area contributed by atoms with Crippen LogP contribution in [-0.4, -0.2) is 5.91 Å². The fourth-order valence-electron chi connectivity index (χ4n) is 4.23. The van der Waals surface area contributed by atoms with E-state index < -0.39 is 5.54 Å². The Morgan fingerprint density at radius 3 is 2.59 bits per heavy atom. The van der Waals surface area contributed by atoms with Crippen molar-refractivity contribution in [2.24, 2.45) is 0 Å². The van der Waals surface area contributed by atoms with E-state index in [0.717, 1.165) is 47.4 Å². The van der Waals surface area contributed by atoms with Gasteiger partial charge in [-0.25, -0.2) is 0 Å². The molecule has 4 aromatic rings. The number of anilines is 1. The van der Waals surface area contributed by atoms with E-state index in [0.29, 0.717) is 0 Å². The minimum absolute atomic E-state index is 0.0219. The highest BCUT2D eigenvalue weighted by atomic mass is 32.9. The van der Waals surface area contributed by atoms with E-state index in [1.165, 1.54) is 0 Å². The van der Waals surface area contributed by atoms with Crippen molar-refractivity contribution in [2.75, 3.05) is 4.90 Å². The quantitative estimate of drug-likeness (QED) is 0.228. The van der Waals surface area contributed by atoms with Gasteiger partial charge in [0.1, 0.15) is 3.82 Å². The van der Waals surface area contributed by atoms with Gasteiger partial charge in [0, 0.05) is 16.7 Å². The van der Waals surface area contributed by atoms with E-state index >= 15 is 0 Å². The lowest BCUT2D eigenvalue weighted by Crippen LogP contribution is -2.47. The average molecular weight is 434 g/mol. The SMILES string of the molecule is Cc1ccc2c(c1)N(C(=O)c1cccc3ccccc13)C(C)(C)c1ssc(=S)c1-2. The van der Waals surface area contributed by atoms with Crippen molar-refractivity contribution < 1.29 is 4.79 Å². The third kappa shape index (κ3) is 2.72. The fourth-order valence-corrected chi connectivity index (χ4v) is 7.51. The molecular formula is C24H19NOS3. The van der Waals surface area contributed by atoms with Gasteiger partial charge in [-0.1, -0.05) is 81.4 Å². The Balaban J connectivity index is 1.79. The lowest BCUT2D eigenvalue weighted by atomic mass is 9.86. The molecule has 0 saturated heterocycles. The molecule has 0 radical (unpaired) electrons. The summed E-state index contributed by atoms with van der Waals surface area (Å²) in [4.78, 5) is 17.2. The summed E-state index contributed by atoms with van der Waals surface area (Å²) in [5, 5.41) is 2.05. The van der Waals surface area contributed by atoms with Crippen molar-refractivity contribution in [1.82, 2.24) is 0 Å². The molecule has 0 spiro atoms. The van der Waals surface area contributed by atoms with Crippen LogP contribution in [0.4, 0.5) is 5.69 Å². The number of nitrogens with zero attached hydrogens (tertiary/aromatic N) is 1. The molecule has 1 aliphatic rings. The van der Waals surface area contributed by atoms with Gasteiger partial charge >= 0.3 is 0 Å². The summed E-state index contributed by atoms with van der Waals surface area (Å²) in [5.74, 6) is 0.0219. The molecule has 2 nitrogen and oxygen atoms in total. The highest BCUT2D eigenvalue weighted by Gasteiger charge is 2.43. The second kappa shape index (κ2) is 6.59. The molecule has 5 heteroatoms. The second-order valence-corrected chi connectivity index (χ2v) is 10.7. The Kier molecular flexibility index (Phi) is 4.24. The first-order valence-corrected chi connectivity index (χ1v) is 12.0. The minimum atomic E-state index is -0.484. The summed E-state index contributed by atoms with van der Waals surface area (Å²) in [6.07, 6.45) is 0. The number of carbonyl (C=O) groups is 1. The molecule has 5 rings (SSSR count). The number of carbonyl (C=O) groups excluding carboxylic acids is 1. The molecule has 0 N–H and O–H groups in total. The maximum atomic E-state index is 14.0. The highest BCUT2D eigenvalue weighted by molar-refractivity contribution is 7.80. The van der Waals surface area contributed by atoms with Gasteiger partial charge in [-0.15, -0.1) is 0 Å². The maximum absolute atomic E-state index is 14.0. The van der Waals surface area contributed by atoms with Gasteiger partial charge in [0.2, 0.25) is 0 Å². The molecule has 0 unspecified atom stereocenters. The zero-order valence-corrected chi connectivity index (χ0v) is 18.8. The Hall–Kier alpha value is -2.34. The van der Waals surface area contributed by atoms with Crippen molar-refractivity contribution >= 4 is 55.3 Å². The molecule has 144 valence electrons. The zero-order chi connectivity index (χ0) is 20.3. The van der Waals surface area contributed by atoms with E-state index in [4.69, 9.17) is 12.2 Å². The van der Waals surface area contributed by atoms with Crippen LogP contribution in [-0.2, 0) is 5.54 Å². The lowest BCUT2D eigenvalue weighted by Gasteiger charge is -2.43. The molecule has 0 fully saturated rings. The van der Waals surface area contributed by atoms with Crippen LogP contribution in [0, 0.1) is 10.7 Å². The second-order valence-electron chi connectivity index (χ2n) is 7.91. The van der Waals surface area contributed by atoms with E-state index in [1.807, 2.05) is 47.4 Å². The Morgan fingerprint density at radius 2 is 1.76 bits per heavy atom. The van der Waals surface area contributed by atoms with Crippen molar-refractivity contribution in [1.29, 1.82) is 0 Å².